The second kappa shape index (κ2) is 7.99. The highest BCUT2D eigenvalue weighted by Gasteiger charge is 2.62. The number of hydrogen-bond acceptors (Lipinski definition) is 7. The lowest BCUT2D eigenvalue weighted by Crippen LogP contribution is -2.58. The van der Waals surface area contributed by atoms with Gasteiger partial charge in [0.05, 0.1) is 24.8 Å². The van der Waals surface area contributed by atoms with E-state index in [1.54, 1.807) is 37.4 Å². The van der Waals surface area contributed by atoms with Crippen LogP contribution in [0.2, 0.25) is 0 Å². The van der Waals surface area contributed by atoms with Crippen molar-refractivity contribution in [3.8, 4) is 11.5 Å². The minimum atomic E-state index is -1.15. The maximum absolute atomic E-state index is 12.7. The third-order valence-electron chi connectivity index (χ3n) is 5.95. The Morgan fingerprint density at radius 3 is 2.69 bits per heavy atom. The lowest BCUT2D eigenvalue weighted by atomic mass is 9.81. The van der Waals surface area contributed by atoms with Gasteiger partial charge in [0.25, 0.3) is 5.91 Å². The van der Waals surface area contributed by atoms with E-state index in [-0.39, 0.29) is 36.5 Å². The van der Waals surface area contributed by atoms with Crippen LogP contribution in [0.1, 0.15) is 24.6 Å². The number of esters is 1. The first-order valence-corrected chi connectivity index (χ1v) is 10.0. The molecule has 166 valence electrons. The molecule has 2 aromatic rings. The summed E-state index contributed by atoms with van der Waals surface area (Å²) in [5.74, 6) is -2.76. The summed E-state index contributed by atoms with van der Waals surface area (Å²) in [5, 5.41) is 28.7. The number of carboxylic acids is 1. The van der Waals surface area contributed by atoms with Gasteiger partial charge in [-0.1, -0.05) is 19.1 Å². The van der Waals surface area contributed by atoms with Crippen LogP contribution in [0.5, 0.6) is 11.5 Å². The number of aromatic nitrogens is 1. The highest BCUT2D eigenvalue weighted by atomic mass is 16.5. The van der Waals surface area contributed by atoms with E-state index in [0.717, 1.165) is 0 Å². The molecule has 1 amide bonds. The van der Waals surface area contributed by atoms with Crippen LogP contribution in [0.15, 0.2) is 48.2 Å². The van der Waals surface area contributed by atoms with Crippen molar-refractivity contribution >= 4 is 23.9 Å². The summed E-state index contributed by atoms with van der Waals surface area (Å²) in [6.07, 6.45) is 3.46. The summed E-state index contributed by atoms with van der Waals surface area (Å²) in [6.45, 7) is 1.51. The number of hydrogen-bond donors (Lipinski definition) is 3. The minimum Gasteiger partial charge on any atom is -0.504 e. The average molecular weight is 438 g/mol. The molecule has 3 atom stereocenters. The Hall–Kier alpha value is -3.88. The Morgan fingerprint density at radius 1 is 1.25 bits per heavy atom. The van der Waals surface area contributed by atoms with Gasteiger partial charge >= 0.3 is 11.9 Å². The number of rotatable bonds is 6. The van der Waals surface area contributed by atoms with Crippen LogP contribution in [-0.2, 0) is 25.5 Å². The number of phenols is 2. The van der Waals surface area contributed by atoms with Crippen molar-refractivity contribution in [3.05, 3.63) is 59.4 Å². The molecule has 0 spiro atoms. The monoisotopic (exact) mass is 438 g/mol. The predicted octanol–water partition coefficient (Wildman–Crippen LogP) is 1.74. The number of nitrogens with zero attached hydrogens (tertiary/aromatic N) is 2. The summed E-state index contributed by atoms with van der Waals surface area (Å²) in [6, 6.07) is 7.82. The van der Waals surface area contributed by atoms with Gasteiger partial charge < -0.3 is 25.0 Å². The zero-order valence-electron chi connectivity index (χ0n) is 17.3. The lowest BCUT2D eigenvalue weighted by Gasteiger charge is -2.40. The zero-order valence-corrected chi connectivity index (χ0v) is 17.3. The number of phenolic OH excluding ortho intramolecular Hbond substituents is 2. The molecule has 4 rings (SSSR count). The van der Waals surface area contributed by atoms with E-state index in [2.05, 4.69) is 4.98 Å². The molecule has 9 nitrogen and oxygen atoms in total. The molecule has 32 heavy (non-hydrogen) atoms. The summed E-state index contributed by atoms with van der Waals surface area (Å²) in [4.78, 5) is 42.5. The summed E-state index contributed by atoms with van der Waals surface area (Å²) in [5.41, 5.74) is 0.568. The number of carbonyl (C=O) groups excluding carboxylic acids is 2. The normalized spacial score (nSPS) is 25.3. The number of pyridine rings is 1. The van der Waals surface area contributed by atoms with Crippen LogP contribution >= 0.6 is 0 Å². The second-order valence-corrected chi connectivity index (χ2v) is 8.34. The molecule has 0 bridgehead atoms. The number of β-lactam (4-membered cyclic amide) rings is 1. The van der Waals surface area contributed by atoms with Gasteiger partial charge in [0.15, 0.2) is 11.5 Å². The van der Waals surface area contributed by atoms with Crippen LogP contribution < -0.4 is 0 Å². The van der Waals surface area contributed by atoms with Gasteiger partial charge in [-0.3, -0.25) is 14.6 Å². The molecule has 0 aliphatic carbocycles. The van der Waals surface area contributed by atoms with Crippen molar-refractivity contribution in [1.82, 2.24) is 9.88 Å². The second-order valence-electron chi connectivity index (χ2n) is 8.34. The Kier molecular flexibility index (Phi) is 5.33. The number of fused-ring (bicyclic) bond motifs is 1. The number of ether oxygens (including phenoxy) is 1. The molecule has 1 unspecified atom stereocenters. The van der Waals surface area contributed by atoms with Gasteiger partial charge in [-0.25, -0.2) is 4.79 Å². The van der Waals surface area contributed by atoms with Crippen molar-refractivity contribution < 1.29 is 34.4 Å². The Bertz CT molecular complexity index is 1110. The standard InChI is InChI=1S/C23H22N2O7/c1-23(12-32-19(28)9-13-5-6-17(26)18(27)8-13)11-16-15(10-14-4-2-3-7-24-14)21(29)25(16)20(23)22(30)31/h2-8,10,16,20,26-27H,9,11-12H2,1H3,(H,30,31)/b15-10+/t16?,20-,23-/m0/s1. The smallest absolute Gasteiger partial charge is 0.327 e. The molecular formula is C23H22N2O7. The fourth-order valence-corrected chi connectivity index (χ4v) is 4.39. The van der Waals surface area contributed by atoms with Crippen molar-refractivity contribution in [1.29, 1.82) is 0 Å². The van der Waals surface area contributed by atoms with Crippen LogP contribution in [0, 0.1) is 5.41 Å². The topological polar surface area (TPSA) is 137 Å². The molecule has 3 heterocycles. The van der Waals surface area contributed by atoms with E-state index in [1.807, 2.05) is 0 Å². The van der Waals surface area contributed by atoms with E-state index < -0.39 is 23.4 Å². The van der Waals surface area contributed by atoms with E-state index in [4.69, 9.17) is 4.74 Å². The van der Waals surface area contributed by atoms with Crippen molar-refractivity contribution in [2.75, 3.05) is 6.61 Å². The fraction of sp³-hybridized carbons (Fsp3) is 0.304. The number of amides is 1. The van der Waals surface area contributed by atoms with Gasteiger partial charge in [-0.2, -0.15) is 0 Å². The first kappa shape index (κ1) is 21.4. The van der Waals surface area contributed by atoms with E-state index in [1.165, 1.54) is 23.1 Å². The van der Waals surface area contributed by atoms with Crippen LogP contribution in [0.4, 0.5) is 0 Å². The number of aliphatic carboxylic acids is 1. The van der Waals surface area contributed by atoms with Gasteiger partial charge in [0.2, 0.25) is 0 Å². The molecule has 9 heteroatoms. The summed E-state index contributed by atoms with van der Waals surface area (Å²) in [7, 11) is 0. The fourth-order valence-electron chi connectivity index (χ4n) is 4.39. The molecule has 1 aromatic heterocycles. The molecule has 2 fully saturated rings. The first-order chi connectivity index (χ1) is 15.2. The molecule has 2 aliphatic rings. The van der Waals surface area contributed by atoms with Crippen LogP contribution in [-0.4, -0.2) is 61.7 Å². The van der Waals surface area contributed by atoms with Crippen LogP contribution in [0.25, 0.3) is 6.08 Å². The summed E-state index contributed by atoms with van der Waals surface area (Å²) < 4.78 is 5.38. The molecule has 0 radical (unpaired) electrons. The maximum atomic E-state index is 12.7. The molecule has 1 aromatic carbocycles. The quantitative estimate of drug-likeness (QED) is 0.268. The van der Waals surface area contributed by atoms with Crippen molar-refractivity contribution in [2.24, 2.45) is 5.41 Å². The van der Waals surface area contributed by atoms with Crippen molar-refractivity contribution in [3.63, 3.8) is 0 Å². The number of carboxylic acid groups (broad SMARTS) is 1. The predicted molar refractivity (Wildman–Crippen MR) is 111 cm³/mol. The molecular weight excluding hydrogens is 416 g/mol. The zero-order chi connectivity index (χ0) is 23.0. The third kappa shape index (κ3) is 3.77. The number of aromatic hydroxyl groups is 2. The van der Waals surface area contributed by atoms with Crippen LogP contribution in [0.3, 0.4) is 0 Å². The largest absolute Gasteiger partial charge is 0.504 e. The Morgan fingerprint density at radius 2 is 2.03 bits per heavy atom. The molecule has 0 saturated carbocycles. The maximum Gasteiger partial charge on any atom is 0.327 e. The van der Waals surface area contributed by atoms with Gasteiger partial charge in [0, 0.05) is 17.2 Å². The SMILES string of the molecule is C[C@@]1(COC(=O)Cc2ccc(O)c(O)c2)CC2/C(=C\c3ccccn3)C(=O)N2[C@H]1C(=O)O. The summed E-state index contributed by atoms with van der Waals surface area (Å²) >= 11 is 0. The number of carbonyl (C=O) groups is 3. The highest BCUT2D eigenvalue weighted by molar-refractivity contribution is 6.08. The Labute approximate surface area is 183 Å². The minimum absolute atomic E-state index is 0.154. The first-order valence-electron chi connectivity index (χ1n) is 10.0. The lowest BCUT2D eigenvalue weighted by molar-refractivity contribution is -0.158. The van der Waals surface area contributed by atoms with E-state index in [0.29, 0.717) is 23.3 Å². The Balaban J connectivity index is 1.47. The van der Waals surface area contributed by atoms with Gasteiger partial charge in [-0.15, -0.1) is 0 Å². The average Bonchev–Trinajstić information content (AvgIpc) is 3.04. The molecule has 3 N–H and O–H groups in total. The number of benzene rings is 1. The molecule has 2 saturated heterocycles. The van der Waals surface area contributed by atoms with Crippen molar-refractivity contribution in [2.45, 2.75) is 31.8 Å². The van der Waals surface area contributed by atoms with E-state index >= 15 is 0 Å². The van der Waals surface area contributed by atoms with Gasteiger partial charge in [-0.05, 0) is 42.3 Å². The molecule has 2 aliphatic heterocycles. The van der Waals surface area contributed by atoms with Gasteiger partial charge in [0.1, 0.15) is 6.04 Å². The van der Waals surface area contributed by atoms with E-state index in [9.17, 15) is 29.7 Å². The highest BCUT2D eigenvalue weighted by Crippen LogP contribution is 2.50. The third-order valence-corrected chi connectivity index (χ3v) is 5.95.